The Morgan fingerprint density at radius 3 is 2.67 bits per heavy atom. The van der Waals surface area contributed by atoms with Gasteiger partial charge in [-0.3, -0.25) is 0 Å². The molecule has 1 aromatic heterocycles. The summed E-state index contributed by atoms with van der Waals surface area (Å²) < 4.78 is 1.95. The summed E-state index contributed by atoms with van der Waals surface area (Å²) in [6.07, 6.45) is 1.78. The van der Waals surface area contributed by atoms with Gasteiger partial charge in [0.05, 0.1) is 4.47 Å². The highest BCUT2D eigenvalue weighted by Crippen LogP contribution is 2.22. The van der Waals surface area contributed by atoms with Crippen LogP contribution in [0.3, 0.4) is 0 Å². The molecule has 3 nitrogen and oxygen atoms in total. The van der Waals surface area contributed by atoms with Crippen molar-refractivity contribution in [3.63, 3.8) is 0 Å². The van der Waals surface area contributed by atoms with Crippen molar-refractivity contribution < 1.29 is 0 Å². The van der Waals surface area contributed by atoms with E-state index in [0.717, 1.165) is 27.9 Å². The van der Waals surface area contributed by atoms with Crippen molar-refractivity contribution >= 4 is 37.7 Å². The third-order valence-corrected chi connectivity index (χ3v) is 2.82. The van der Waals surface area contributed by atoms with E-state index < -0.39 is 0 Å². The van der Waals surface area contributed by atoms with E-state index in [1.807, 2.05) is 6.07 Å². The molecule has 84 valence electrons. The van der Waals surface area contributed by atoms with Crippen molar-refractivity contribution in [1.29, 1.82) is 0 Å². The minimum atomic E-state index is 0.521. The third-order valence-electron chi connectivity index (χ3n) is 1.78. The fourth-order valence-corrected chi connectivity index (χ4v) is 2.21. The third kappa shape index (κ3) is 4.95. The summed E-state index contributed by atoms with van der Waals surface area (Å²) in [4.78, 5) is 4.26. The van der Waals surface area contributed by atoms with Crippen LogP contribution >= 0.6 is 31.9 Å². The van der Waals surface area contributed by atoms with Crippen LogP contribution in [0.1, 0.15) is 13.8 Å². The maximum Gasteiger partial charge on any atom is 0.140 e. The number of anilines is 1. The molecule has 1 aromatic rings. The molecule has 0 spiro atoms. The van der Waals surface area contributed by atoms with Gasteiger partial charge in [0.2, 0.25) is 0 Å². The van der Waals surface area contributed by atoms with Gasteiger partial charge in [-0.25, -0.2) is 4.98 Å². The maximum atomic E-state index is 4.26. The van der Waals surface area contributed by atoms with Gasteiger partial charge in [0, 0.05) is 29.8 Å². The number of rotatable bonds is 5. The lowest BCUT2D eigenvalue weighted by atomic mass is 10.4. The molecule has 5 heteroatoms. The summed E-state index contributed by atoms with van der Waals surface area (Å²) in [7, 11) is 0. The molecule has 0 aliphatic heterocycles. The molecule has 1 rings (SSSR count). The molecular weight excluding hydrogens is 322 g/mol. The molecular formula is C10H15Br2N3. The number of halogens is 2. The number of pyridine rings is 1. The number of hydrogen-bond donors (Lipinski definition) is 2. The number of nitrogens with zero attached hydrogens (tertiary/aromatic N) is 1. The number of hydrogen-bond acceptors (Lipinski definition) is 3. The van der Waals surface area contributed by atoms with Crippen LogP contribution in [0.5, 0.6) is 0 Å². The molecule has 0 saturated carbocycles. The Hall–Kier alpha value is -0.130. The predicted octanol–water partition coefficient (Wildman–Crippen LogP) is 3.02. The average molecular weight is 337 g/mol. The van der Waals surface area contributed by atoms with Crippen molar-refractivity contribution in [3.8, 4) is 0 Å². The lowest BCUT2D eigenvalue weighted by Crippen LogP contribution is -2.28. The quantitative estimate of drug-likeness (QED) is 0.811. The van der Waals surface area contributed by atoms with Gasteiger partial charge in [0.15, 0.2) is 0 Å². The van der Waals surface area contributed by atoms with Crippen molar-refractivity contribution in [2.45, 2.75) is 19.9 Å². The van der Waals surface area contributed by atoms with E-state index in [9.17, 15) is 0 Å². The van der Waals surface area contributed by atoms with Gasteiger partial charge in [-0.1, -0.05) is 13.8 Å². The highest BCUT2D eigenvalue weighted by Gasteiger charge is 2.00. The Kier molecular flexibility index (Phi) is 5.56. The number of nitrogens with one attached hydrogen (secondary N) is 2. The molecule has 0 atom stereocenters. The lowest BCUT2D eigenvalue weighted by Gasteiger charge is -2.10. The van der Waals surface area contributed by atoms with Gasteiger partial charge >= 0.3 is 0 Å². The Bertz CT molecular complexity index is 316. The van der Waals surface area contributed by atoms with Crippen molar-refractivity contribution in [1.82, 2.24) is 10.3 Å². The van der Waals surface area contributed by atoms with Gasteiger partial charge in [-0.15, -0.1) is 0 Å². The summed E-state index contributed by atoms with van der Waals surface area (Å²) in [5, 5.41) is 6.59. The van der Waals surface area contributed by atoms with Gasteiger partial charge in [-0.05, 0) is 37.9 Å². The van der Waals surface area contributed by atoms with E-state index in [4.69, 9.17) is 0 Å². The molecule has 0 aromatic carbocycles. The van der Waals surface area contributed by atoms with Gasteiger partial charge in [-0.2, -0.15) is 0 Å². The van der Waals surface area contributed by atoms with Crippen LogP contribution in [-0.2, 0) is 0 Å². The summed E-state index contributed by atoms with van der Waals surface area (Å²) in [5.74, 6) is 0.878. The zero-order valence-corrected chi connectivity index (χ0v) is 12.0. The molecule has 0 aliphatic rings. The SMILES string of the molecule is CC(C)NCCNc1ncc(Br)cc1Br. The standard InChI is InChI=1S/C10H15Br2N3/c1-7(2)13-3-4-14-10-9(12)5-8(11)6-15-10/h5-7,13H,3-4H2,1-2H3,(H,14,15). The molecule has 0 fully saturated rings. The van der Waals surface area contributed by atoms with E-state index in [0.29, 0.717) is 6.04 Å². The van der Waals surface area contributed by atoms with Gasteiger partial charge in [0.1, 0.15) is 5.82 Å². The molecule has 0 unspecified atom stereocenters. The molecule has 0 aliphatic carbocycles. The van der Waals surface area contributed by atoms with Crippen molar-refractivity contribution in [2.24, 2.45) is 0 Å². The second-order valence-corrected chi connectivity index (χ2v) is 5.29. The molecule has 2 N–H and O–H groups in total. The Morgan fingerprint density at radius 1 is 1.33 bits per heavy atom. The highest BCUT2D eigenvalue weighted by atomic mass is 79.9. The van der Waals surface area contributed by atoms with Gasteiger partial charge in [0.25, 0.3) is 0 Å². The largest absolute Gasteiger partial charge is 0.368 e. The maximum absolute atomic E-state index is 4.26. The van der Waals surface area contributed by atoms with Crippen LogP contribution in [0.2, 0.25) is 0 Å². The Labute approximate surface area is 107 Å². The number of aromatic nitrogens is 1. The van der Waals surface area contributed by atoms with Crippen molar-refractivity contribution in [3.05, 3.63) is 21.2 Å². The first-order chi connectivity index (χ1) is 7.09. The highest BCUT2D eigenvalue weighted by molar-refractivity contribution is 9.11. The van der Waals surface area contributed by atoms with Crippen LogP contribution in [-0.4, -0.2) is 24.1 Å². The van der Waals surface area contributed by atoms with E-state index >= 15 is 0 Å². The second kappa shape index (κ2) is 6.45. The summed E-state index contributed by atoms with van der Waals surface area (Å²) >= 11 is 6.82. The van der Waals surface area contributed by atoms with E-state index in [1.54, 1.807) is 6.20 Å². The summed E-state index contributed by atoms with van der Waals surface area (Å²) in [5.41, 5.74) is 0. The summed E-state index contributed by atoms with van der Waals surface area (Å²) in [6.45, 7) is 6.06. The Balaban J connectivity index is 2.37. The average Bonchev–Trinajstić information content (AvgIpc) is 2.14. The normalized spacial score (nSPS) is 10.7. The van der Waals surface area contributed by atoms with E-state index in [-0.39, 0.29) is 0 Å². The second-order valence-electron chi connectivity index (χ2n) is 3.52. The predicted molar refractivity (Wildman–Crippen MR) is 71.3 cm³/mol. The van der Waals surface area contributed by atoms with Crippen LogP contribution in [0.4, 0.5) is 5.82 Å². The topological polar surface area (TPSA) is 37.0 Å². The minimum absolute atomic E-state index is 0.521. The van der Waals surface area contributed by atoms with Crippen LogP contribution in [0, 0.1) is 0 Å². The Morgan fingerprint density at radius 2 is 2.07 bits per heavy atom. The minimum Gasteiger partial charge on any atom is -0.368 e. The fraction of sp³-hybridized carbons (Fsp3) is 0.500. The monoisotopic (exact) mass is 335 g/mol. The van der Waals surface area contributed by atoms with E-state index in [1.165, 1.54) is 0 Å². The first kappa shape index (κ1) is 12.9. The first-order valence-corrected chi connectivity index (χ1v) is 6.46. The summed E-state index contributed by atoms with van der Waals surface area (Å²) in [6, 6.07) is 2.50. The zero-order chi connectivity index (χ0) is 11.3. The molecule has 1 heterocycles. The molecule has 0 radical (unpaired) electrons. The molecule has 0 bridgehead atoms. The van der Waals surface area contributed by atoms with Crippen LogP contribution in [0.15, 0.2) is 21.2 Å². The van der Waals surface area contributed by atoms with Crippen molar-refractivity contribution in [2.75, 3.05) is 18.4 Å². The zero-order valence-electron chi connectivity index (χ0n) is 8.85. The molecule has 15 heavy (non-hydrogen) atoms. The fourth-order valence-electron chi connectivity index (χ4n) is 1.09. The lowest BCUT2D eigenvalue weighted by molar-refractivity contribution is 0.602. The van der Waals surface area contributed by atoms with Crippen LogP contribution in [0.25, 0.3) is 0 Å². The van der Waals surface area contributed by atoms with Crippen LogP contribution < -0.4 is 10.6 Å². The smallest absolute Gasteiger partial charge is 0.140 e. The molecule has 0 amide bonds. The van der Waals surface area contributed by atoms with E-state index in [2.05, 4.69) is 61.3 Å². The first-order valence-electron chi connectivity index (χ1n) is 4.88. The molecule has 0 saturated heterocycles. The van der Waals surface area contributed by atoms with Gasteiger partial charge < -0.3 is 10.6 Å².